The summed E-state index contributed by atoms with van der Waals surface area (Å²) >= 11 is 0. The summed E-state index contributed by atoms with van der Waals surface area (Å²) in [6.07, 6.45) is 5.14. The number of aromatic nitrogens is 2. The maximum atomic E-state index is 4.52. The van der Waals surface area contributed by atoms with Crippen LogP contribution in [0.1, 0.15) is 31.7 Å². The Balaban J connectivity index is 2.02. The fraction of sp³-hybridized carbons (Fsp3) is 0.235. The van der Waals surface area contributed by atoms with Gasteiger partial charge in [-0.25, -0.2) is 4.98 Å². The minimum Gasteiger partial charge on any atom is -0.300 e. The maximum Gasteiger partial charge on any atom is 0.144 e. The molecule has 0 saturated carbocycles. The van der Waals surface area contributed by atoms with Crippen molar-refractivity contribution in [3.63, 3.8) is 0 Å². The number of imidazole rings is 1. The SMILES string of the molecule is CCC(C)c1ccc(-c2ncc3ccccn23)cc1. The molecule has 0 aliphatic rings. The topological polar surface area (TPSA) is 17.3 Å². The van der Waals surface area contributed by atoms with Crippen molar-refractivity contribution in [1.29, 1.82) is 0 Å². The van der Waals surface area contributed by atoms with Crippen LogP contribution in [0.4, 0.5) is 0 Å². The second-order valence-corrected chi connectivity index (χ2v) is 5.01. The second-order valence-electron chi connectivity index (χ2n) is 5.01. The van der Waals surface area contributed by atoms with E-state index >= 15 is 0 Å². The number of hydrogen-bond donors (Lipinski definition) is 0. The summed E-state index contributed by atoms with van der Waals surface area (Å²) in [5, 5.41) is 0. The van der Waals surface area contributed by atoms with Gasteiger partial charge in [-0.3, -0.25) is 4.40 Å². The second kappa shape index (κ2) is 4.88. The van der Waals surface area contributed by atoms with Gasteiger partial charge in [-0.2, -0.15) is 0 Å². The summed E-state index contributed by atoms with van der Waals surface area (Å²) in [5.74, 6) is 1.62. The quantitative estimate of drug-likeness (QED) is 0.668. The number of fused-ring (bicyclic) bond motifs is 1. The van der Waals surface area contributed by atoms with E-state index in [9.17, 15) is 0 Å². The van der Waals surface area contributed by atoms with Crippen molar-refractivity contribution in [1.82, 2.24) is 9.38 Å². The van der Waals surface area contributed by atoms with Crippen molar-refractivity contribution in [3.8, 4) is 11.4 Å². The molecular formula is C17H18N2. The van der Waals surface area contributed by atoms with E-state index in [0.717, 1.165) is 11.3 Å². The summed E-state index contributed by atoms with van der Waals surface area (Å²) in [5.41, 5.74) is 3.69. The van der Waals surface area contributed by atoms with Crippen molar-refractivity contribution < 1.29 is 0 Å². The minimum absolute atomic E-state index is 0.617. The summed E-state index contributed by atoms with van der Waals surface area (Å²) in [6.45, 7) is 4.49. The van der Waals surface area contributed by atoms with E-state index in [0.29, 0.717) is 5.92 Å². The molecule has 2 nitrogen and oxygen atoms in total. The molecule has 3 rings (SSSR count). The highest BCUT2D eigenvalue weighted by Gasteiger charge is 2.07. The average molecular weight is 250 g/mol. The zero-order valence-corrected chi connectivity index (χ0v) is 11.4. The lowest BCUT2D eigenvalue weighted by Crippen LogP contribution is -1.92. The van der Waals surface area contributed by atoms with Crippen LogP contribution in [0.3, 0.4) is 0 Å². The molecule has 0 amide bonds. The summed E-state index contributed by atoms with van der Waals surface area (Å²) < 4.78 is 2.12. The van der Waals surface area contributed by atoms with Gasteiger partial charge in [0.25, 0.3) is 0 Å². The molecule has 1 atom stereocenters. The molecule has 0 fully saturated rings. The first-order chi connectivity index (χ1) is 9.29. The molecule has 1 unspecified atom stereocenters. The van der Waals surface area contributed by atoms with Gasteiger partial charge in [-0.15, -0.1) is 0 Å². The van der Waals surface area contributed by atoms with Gasteiger partial charge in [0, 0.05) is 11.8 Å². The molecule has 2 heteroatoms. The van der Waals surface area contributed by atoms with Crippen molar-refractivity contribution in [2.75, 3.05) is 0 Å². The number of rotatable bonds is 3. The third kappa shape index (κ3) is 2.14. The van der Waals surface area contributed by atoms with E-state index in [1.165, 1.54) is 17.5 Å². The molecule has 0 aliphatic heterocycles. The van der Waals surface area contributed by atoms with Gasteiger partial charge >= 0.3 is 0 Å². The smallest absolute Gasteiger partial charge is 0.144 e. The Hall–Kier alpha value is -2.09. The Kier molecular flexibility index (Phi) is 3.08. The van der Waals surface area contributed by atoms with Gasteiger partial charge in [-0.1, -0.05) is 44.2 Å². The van der Waals surface area contributed by atoms with Crippen LogP contribution in [0.2, 0.25) is 0 Å². The maximum absolute atomic E-state index is 4.52. The monoisotopic (exact) mass is 250 g/mol. The summed E-state index contributed by atoms with van der Waals surface area (Å²) in [7, 11) is 0. The van der Waals surface area contributed by atoms with Crippen molar-refractivity contribution in [2.24, 2.45) is 0 Å². The Morgan fingerprint density at radius 1 is 1.11 bits per heavy atom. The van der Waals surface area contributed by atoms with E-state index < -0.39 is 0 Å². The molecule has 1 aromatic carbocycles. The number of hydrogen-bond acceptors (Lipinski definition) is 1. The first-order valence-electron chi connectivity index (χ1n) is 6.82. The Labute approximate surface area is 113 Å². The van der Waals surface area contributed by atoms with E-state index in [4.69, 9.17) is 0 Å². The number of nitrogens with zero attached hydrogens (tertiary/aromatic N) is 2. The highest BCUT2D eigenvalue weighted by atomic mass is 15.0. The molecule has 3 aromatic rings. The van der Waals surface area contributed by atoms with Crippen LogP contribution in [0.15, 0.2) is 54.9 Å². The van der Waals surface area contributed by atoms with Crippen molar-refractivity contribution >= 4 is 5.52 Å². The van der Waals surface area contributed by atoms with E-state index in [1.54, 1.807) is 0 Å². The van der Waals surface area contributed by atoms with Crippen LogP contribution in [0.25, 0.3) is 16.9 Å². The highest BCUT2D eigenvalue weighted by molar-refractivity contribution is 5.62. The van der Waals surface area contributed by atoms with Gasteiger partial charge in [0.1, 0.15) is 5.82 Å². The molecule has 2 aromatic heterocycles. The zero-order chi connectivity index (χ0) is 13.2. The van der Waals surface area contributed by atoms with Crippen LogP contribution in [0, 0.1) is 0 Å². The molecule has 2 heterocycles. The van der Waals surface area contributed by atoms with Gasteiger partial charge in [-0.05, 0) is 30.0 Å². The molecule has 96 valence electrons. The molecule has 0 saturated heterocycles. The third-order valence-electron chi connectivity index (χ3n) is 3.79. The van der Waals surface area contributed by atoms with Crippen LogP contribution in [0.5, 0.6) is 0 Å². The Morgan fingerprint density at radius 2 is 1.89 bits per heavy atom. The highest BCUT2D eigenvalue weighted by Crippen LogP contribution is 2.24. The van der Waals surface area contributed by atoms with Crippen molar-refractivity contribution in [2.45, 2.75) is 26.2 Å². The number of pyridine rings is 1. The molecule has 0 bridgehead atoms. The standard InChI is InChI=1S/C17H18N2/c1-3-13(2)14-7-9-15(10-8-14)17-18-12-16-6-4-5-11-19(16)17/h4-13H,3H2,1-2H3. The molecule has 0 spiro atoms. The largest absolute Gasteiger partial charge is 0.300 e. The molecular weight excluding hydrogens is 232 g/mol. The van der Waals surface area contributed by atoms with Crippen LogP contribution < -0.4 is 0 Å². The fourth-order valence-corrected chi connectivity index (χ4v) is 2.35. The van der Waals surface area contributed by atoms with Gasteiger partial charge < -0.3 is 0 Å². The molecule has 0 N–H and O–H groups in total. The van der Waals surface area contributed by atoms with Crippen LogP contribution in [-0.2, 0) is 0 Å². The lowest BCUT2D eigenvalue weighted by molar-refractivity contribution is 0.734. The molecule has 19 heavy (non-hydrogen) atoms. The first kappa shape index (κ1) is 12.0. The first-order valence-corrected chi connectivity index (χ1v) is 6.82. The summed E-state index contributed by atoms with van der Waals surface area (Å²) in [6, 6.07) is 14.9. The van der Waals surface area contributed by atoms with E-state index in [-0.39, 0.29) is 0 Å². The molecule has 0 aliphatic carbocycles. The van der Waals surface area contributed by atoms with Gasteiger partial charge in [0.15, 0.2) is 0 Å². The third-order valence-corrected chi connectivity index (χ3v) is 3.79. The Bertz CT molecular complexity index is 680. The van der Waals surface area contributed by atoms with Crippen molar-refractivity contribution in [3.05, 3.63) is 60.4 Å². The van der Waals surface area contributed by atoms with Crippen LogP contribution in [-0.4, -0.2) is 9.38 Å². The zero-order valence-electron chi connectivity index (χ0n) is 11.4. The fourth-order valence-electron chi connectivity index (χ4n) is 2.35. The van der Waals surface area contributed by atoms with Crippen LogP contribution >= 0.6 is 0 Å². The van der Waals surface area contributed by atoms with Gasteiger partial charge in [0.2, 0.25) is 0 Å². The summed E-state index contributed by atoms with van der Waals surface area (Å²) in [4.78, 5) is 4.52. The minimum atomic E-state index is 0.617. The normalized spacial score (nSPS) is 12.7. The average Bonchev–Trinajstić information content (AvgIpc) is 2.90. The lowest BCUT2D eigenvalue weighted by atomic mass is 9.97. The predicted octanol–water partition coefficient (Wildman–Crippen LogP) is 4.51. The number of benzene rings is 1. The predicted molar refractivity (Wildman–Crippen MR) is 79.3 cm³/mol. The van der Waals surface area contributed by atoms with E-state index in [1.807, 2.05) is 18.3 Å². The van der Waals surface area contributed by atoms with E-state index in [2.05, 4.69) is 59.8 Å². The lowest BCUT2D eigenvalue weighted by Gasteiger charge is -2.09. The Morgan fingerprint density at radius 3 is 2.63 bits per heavy atom. The molecule has 0 radical (unpaired) electrons. The van der Waals surface area contributed by atoms with Gasteiger partial charge in [0.05, 0.1) is 11.7 Å².